The zero-order valence-corrected chi connectivity index (χ0v) is 19.1. The summed E-state index contributed by atoms with van der Waals surface area (Å²) < 4.78 is 55.6. The van der Waals surface area contributed by atoms with Crippen LogP contribution >= 0.6 is 0 Å². The van der Waals surface area contributed by atoms with Crippen LogP contribution in [0.15, 0.2) is 81.4 Å². The number of fused-ring (bicyclic) bond motifs is 2. The van der Waals surface area contributed by atoms with Gasteiger partial charge in [0.2, 0.25) is 19.9 Å². The maximum absolute atomic E-state index is 13.4. The summed E-state index contributed by atoms with van der Waals surface area (Å²) in [6.45, 7) is 3.92. The van der Waals surface area contributed by atoms with Crippen LogP contribution in [0.1, 0.15) is 35.1 Å². The Hall–Kier alpha value is -2.48. The Morgan fingerprint density at radius 2 is 1.65 bits per heavy atom. The number of aryl methyl sites for hydroxylation is 1. The minimum atomic E-state index is -3.87. The molecule has 1 unspecified atom stereocenters. The highest BCUT2D eigenvalue weighted by Gasteiger charge is 2.32. The number of rotatable bonds is 5. The highest BCUT2D eigenvalue weighted by Crippen LogP contribution is 2.39. The van der Waals surface area contributed by atoms with Crippen molar-refractivity contribution in [3.63, 3.8) is 0 Å². The summed E-state index contributed by atoms with van der Waals surface area (Å²) in [4.78, 5) is 0.346. The SMILES string of the molecule is Cc1cc2c(cc1S(=O)(=O)NCCc1ccccc1)S(=O)(=O)c1ccccc1CC2C. The Bertz CT molecular complexity index is 1330. The van der Waals surface area contributed by atoms with E-state index >= 15 is 0 Å². The van der Waals surface area contributed by atoms with E-state index in [1.165, 1.54) is 6.07 Å². The molecule has 5 nitrogen and oxygen atoms in total. The lowest BCUT2D eigenvalue weighted by Crippen LogP contribution is -2.27. The first-order valence-electron chi connectivity index (χ1n) is 10.2. The maximum Gasteiger partial charge on any atom is 0.240 e. The van der Waals surface area contributed by atoms with Gasteiger partial charge in [0.1, 0.15) is 0 Å². The van der Waals surface area contributed by atoms with Crippen molar-refractivity contribution < 1.29 is 16.8 Å². The molecule has 3 aromatic rings. The van der Waals surface area contributed by atoms with Crippen molar-refractivity contribution in [3.8, 4) is 0 Å². The molecule has 0 saturated heterocycles. The topological polar surface area (TPSA) is 80.3 Å². The normalized spacial score (nSPS) is 17.4. The summed E-state index contributed by atoms with van der Waals surface area (Å²) in [5.74, 6) is -0.0464. The average Bonchev–Trinajstić information content (AvgIpc) is 2.81. The van der Waals surface area contributed by atoms with E-state index in [4.69, 9.17) is 0 Å². The van der Waals surface area contributed by atoms with E-state index in [2.05, 4.69) is 4.72 Å². The van der Waals surface area contributed by atoms with Gasteiger partial charge in [-0.1, -0.05) is 61.5 Å². The molecule has 1 N–H and O–H groups in total. The van der Waals surface area contributed by atoms with Crippen molar-refractivity contribution >= 4 is 19.9 Å². The van der Waals surface area contributed by atoms with Crippen molar-refractivity contribution in [1.82, 2.24) is 4.72 Å². The van der Waals surface area contributed by atoms with Crippen LogP contribution in [0.2, 0.25) is 0 Å². The summed E-state index contributed by atoms with van der Waals surface area (Å²) >= 11 is 0. The number of hydrogen-bond acceptors (Lipinski definition) is 4. The van der Waals surface area contributed by atoms with Gasteiger partial charge in [-0.15, -0.1) is 0 Å². The number of nitrogens with one attached hydrogen (secondary N) is 1. The molecule has 0 aromatic heterocycles. The van der Waals surface area contributed by atoms with Crippen molar-refractivity contribution in [3.05, 3.63) is 89.0 Å². The summed E-state index contributed by atoms with van der Waals surface area (Å²) in [7, 11) is -7.69. The number of sulfone groups is 1. The van der Waals surface area contributed by atoms with Gasteiger partial charge in [-0.2, -0.15) is 0 Å². The van der Waals surface area contributed by atoms with Crippen LogP contribution in [0.3, 0.4) is 0 Å². The fraction of sp³-hybridized carbons (Fsp3) is 0.250. The van der Waals surface area contributed by atoms with Crippen LogP contribution in [-0.2, 0) is 32.7 Å². The zero-order valence-electron chi connectivity index (χ0n) is 17.5. The Morgan fingerprint density at radius 1 is 0.968 bits per heavy atom. The van der Waals surface area contributed by atoms with Gasteiger partial charge in [0, 0.05) is 6.54 Å². The van der Waals surface area contributed by atoms with Crippen LogP contribution in [0, 0.1) is 6.92 Å². The second kappa shape index (κ2) is 8.22. The van der Waals surface area contributed by atoms with Gasteiger partial charge in [0.25, 0.3) is 0 Å². The maximum atomic E-state index is 13.4. The number of sulfonamides is 1. The first-order chi connectivity index (χ1) is 14.7. The second-order valence-electron chi connectivity index (χ2n) is 8.01. The number of benzene rings is 3. The summed E-state index contributed by atoms with van der Waals surface area (Å²) in [6.07, 6.45) is 1.13. The average molecular weight is 456 g/mol. The molecule has 7 heteroatoms. The molecule has 1 aliphatic rings. The van der Waals surface area contributed by atoms with Crippen molar-refractivity contribution in [2.45, 2.75) is 47.3 Å². The standard InChI is InChI=1S/C24H25NO4S2/c1-17-14-20-10-6-7-11-22(20)30(26,27)24-16-23(18(2)15-21(17)24)31(28,29)25-13-12-19-8-4-3-5-9-19/h3-11,15-17,25H,12-14H2,1-2H3. The van der Waals surface area contributed by atoms with E-state index in [1.54, 1.807) is 25.1 Å². The monoisotopic (exact) mass is 455 g/mol. The van der Waals surface area contributed by atoms with Crippen LogP contribution < -0.4 is 4.72 Å². The molecule has 1 heterocycles. The fourth-order valence-electron chi connectivity index (χ4n) is 4.14. The third-order valence-corrected chi connectivity index (χ3v) is 9.27. The Kier molecular flexibility index (Phi) is 5.77. The van der Waals surface area contributed by atoms with Crippen LogP contribution in [-0.4, -0.2) is 23.4 Å². The molecule has 31 heavy (non-hydrogen) atoms. The van der Waals surface area contributed by atoms with Gasteiger partial charge in [0.05, 0.1) is 14.7 Å². The third-order valence-electron chi connectivity index (χ3n) is 5.75. The lowest BCUT2D eigenvalue weighted by Gasteiger charge is -2.17. The van der Waals surface area contributed by atoms with E-state index in [0.717, 1.165) is 11.1 Å². The van der Waals surface area contributed by atoms with E-state index in [-0.39, 0.29) is 27.1 Å². The molecule has 162 valence electrons. The Balaban J connectivity index is 1.73. The van der Waals surface area contributed by atoms with Crippen LogP contribution in [0.5, 0.6) is 0 Å². The lowest BCUT2D eigenvalue weighted by molar-refractivity contribution is 0.580. The molecule has 3 aromatic carbocycles. The van der Waals surface area contributed by atoms with E-state index < -0.39 is 19.9 Å². The van der Waals surface area contributed by atoms with Crippen molar-refractivity contribution in [2.24, 2.45) is 0 Å². The summed E-state index contributed by atoms with van der Waals surface area (Å²) in [6, 6.07) is 19.6. The zero-order chi connectivity index (χ0) is 22.2. The fourth-order valence-corrected chi connectivity index (χ4v) is 7.34. The van der Waals surface area contributed by atoms with Gasteiger partial charge in [-0.05, 0) is 60.1 Å². The quantitative estimate of drug-likeness (QED) is 0.630. The van der Waals surface area contributed by atoms with Gasteiger partial charge in [-0.3, -0.25) is 0 Å². The van der Waals surface area contributed by atoms with E-state index in [9.17, 15) is 16.8 Å². The first-order valence-corrected chi connectivity index (χ1v) is 13.2. The molecular formula is C24H25NO4S2. The van der Waals surface area contributed by atoms with Gasteiger partial charge in [-0.25, -0.2) is 21.6 Å². The molecule has 4 rings (SSSR count). The smallest absolute Gasteiger partial charge is 0.218 e. The predicted octanol–water partition coefficient (Wildman–Crippen LogP) is 4.01. The molecule has 0 spiro atoms. The molecule has 0 bridgehead atoms. The molecule has 0 aliphatic carbocycles. The molecule has 0 amide bonds. The molecular weight excluding hydrogens is 430 g/mol. The highest BCUT2D eigenvalue weighted by atomic mass is 32.2. The Labute approximate surface area is 184 Å². The summed E-state index contributed by atoms with van der Waals surface area (Å²) in [5.41, 5.74) is 2.99. The largest absolute Gasteiger partial charge is 0.240 e. The molecule has 0 fully saturated rings. The first kappa shape index (κ1) is 21.7. The van der Waals surface area contributed by atoms with Crippen LogP contribution in [0.25, 0.3) is 0 Å². The van der Waals surface area contributed by atoms with Gasteiger partial charge >= 0.3 is 0 Å². The van der Waals surface area contributed by atoms with E-state index in [1.807, 2.05) is 49.4 Å². The molecule has 1 atom stereocenters. The van der Waals surface area contributed by atoms with E-state index in [0.29, 0.717) is 24.0 Å². The second-order valence-corrected chi connectivity index (χ2v) is 11.6. The number of hydrogen-bond donors (Lipinski definition) is 1. The van der Waals surface area contributed by atoms with Crippen molar-refractivity contribution in [1.29, 1.82) is 0 Å². The van der Waals surface area contributed by atoms with Gasteiger partial charge < -0.3 is 0 Å². The highest BCUT2D eigenvalue weighted by molar-refractivity contribution is 7.92. The predicted molar refractivity (Wildman–Crippen MR) is 121 cm³/mol. The molecule has 0 saturated carbocycles. The Morgan fingerprint density at radius 3 is 2.39 bits per heavy atom. The van der Waals surface area contributed by atoms with Gasteiger partial charge in [0.15, 0.2) is 0 Å². The molecule has 1 aliphatic heterocycles. The lowest BCUT2D eigenvalue weighted by atomic mass is 9.93. The van der Waals surface area contributed by atoms with Crippen molar-refractivity contribution in [2.75, 3.05) is 6.54 Å². The minimum absolute atomic E-state index is 0.00877. The minimum Gasteiger partial charge on any atom is -0.218 e. The van der Waals surface area contributed by atoms with Crippen LogP contribution in [0.4, 0.5) is 0 Å². The summed E-state index contributed by atoms with van der Waals surface area (Å²) in [5, 5.41) is 0. The third kappa shape index (κ3) is 4.18. The molecule has 0 radical (unpaired) electrons.